The molecule has 2 aromatic carbocycles. The molecule has 0 aliphatic carbocycles. The van der Waals surface area contributed by atoms with E-state index in [2.05, 4.69) is 81.1 Å². The van der Waals surface area contributed by atoms with Crippen LogP contribution in [-0.2, 0) is 38.8 Å². The van der Waals surface area contributed by atoms with Gasteiger partial charge in [0.15, 0.2) is 11.6 Å². The topological polar surface area (TPSA) is 283 Å². The Morgan fingerprint density at radius 2 is 1.09 bits per heavy atom. The molecular formula is C44H44N20S2. The smallest absolute Gasteiger partial charge is 0.157 e. The van der Waals surface area contributed by atoms with E-state index in [-0.39, 0.29) is 0 Å². The number of thiazole rings is 2. The first-order chi connectivity index (χ1) is 32.6. The number of aromatic amines is 2. The van der Waals surface area contributed by atoms with Gasteiger partial charge in [-0.1, -0.05) is 52.1 Å². The lowest BCUT2D eigenvalue weighted by molar-refractivity contribution is 0.670. The minimum Gasteiger partial charge on any atom is -0.397 e. The summed E-state index contributed by atoms with van der Waals surface area (Å²) >= 11 is 3.15. The van der Waals surface area contributed by atoms with E-state index in [1.54, 1.807) is 53.5 Å². The maximum atomic E-state index is 8.74. The summed E-state index contributed by atoms with van der Waals surface area (Å²) in [4.78, 5) is 56.0. The lowest BCUT2D eigenvalue weighted by Gasteiger charge is -2.07. The highest BCUT2D eigenvalue weighted by Gasteiger charge is 2.14. The number of aromatic nitrogens is 12. The molecule has 332 valence electrons. The van der Waals surface area contributed by atoms with Gasteiger partial charge >= 0.3 is 0 Å². The summed E-state index contributed by atoms with van der Waals surface area (Å²) in [6.07, 6.45) is 9.76. The van der Waals surface area contributed by atoms with Gasteiger partial charge in [0.25, 0.3) is 0 Å². The first-order valence-corrected chi connectivity index (χ1v) is 22.8. The Balaban J connectivity index is 0.000000166. The number of nitrogens with one attached hydrogen (secondary N) is 6. The molecule has 0 spiro atoms. The molecule has 8 heterocycles. The normalized spacial score (nSPS) is 11.2. The number of rotatable bonds is 19. The minimum absolute atomic E-state index is 0.359. The molecule has 66 heavy (non-hydrogen) atoms. The second-order valence-corrected chi connectivity index (χ2v) is 16.9. The Morgan fingerprint density at radius 1 is 0.576 bits per heavy atom. The molecule has 10 rings (SSSR count). The number of hydrogen-bond donors (Lipinski definition) is 7. The predicted molar refractivity (Wildman–Crippen MR) is 260 cm³/mol. The zero-order valence-corrected chi connectivity index (χ0v) is 37.1. The van der Waals surface area contributed by atoms with Gasteiger partial charge in [-0.25, -0.2) is 39.9 Å². The van der Waals surface area contributed by atoms with Crippen molar-refractivity contribution in [1.82, 2.24) is 70.4 Å². The molecule has 22 heteroatoms. The van der Waals surface area contributed by atoms with Gasteiger partial charge in [-0.05, 0) is 54.1 Å². The maximum Gasteiger partial charge on any atom is 0.157 e. The van der Waals surface area contributed by atoms with E-state index in [1.807, 2.05) is 60.7 Å². The first-order valence-electron chi connectivity index (χ1n) is 21.2. The molecule has 0 saturated carbocycles. The van der Waals surface area contributed by atoms with Crippen molar-refractivity contribution in [3.05, 3.63) is 141 Å². The van der Waals surface area contributed by atoms with Crippen LogP contribution >= 0.6 is 22.7 Å². The monoisotopic (exact) mass is 916 g/mol. The van der Waals surface area contributed by atoms with Crippen molar-refractivity contribution < 1.29 is 0 Å². The van der Waals surface area contributed by atoms with Crippen LogP contribution in [0, 0.1) is 0 Å². The molecule has 0 amide bonds. The summed E-state index contributed by atoms with van der Waals surface area (Å²) in [7, 11) is 0. The van der Waals surface area contributed by atoms with Crippen molar-refractivity contribution >= 4 is 88.4 Å². The fourth-order valence-corrected chi connectivity index (χ4v) is 8.81. The lowest BCUT2D eigenvalue weighted by Crippen LogP contribution is -2.20. The van der Waals surface area contributed by atoms with E-state index in [9.17, 15) is 0 Å². The standard InChI is InChI=1S/C22H21N11S.C22H23N9S/c23-33-32-16-6-3-9-25-17(16)12-26-21-20-22(28-13-27-21)34-19(31-20)8-11-24-10-7-18-29-14-4-1-2-5-15(14)30-18;23-14-4-3-9-25-17(14)12-26-21-20-22(28-13-27-21)32-19(31-20)8-11-24-10-7-18-29-15-5-1-2-6-16(15)30-18/h1-6,9,13,24H,7-8,10-12H2,(H,29,30)(H,26,27,28);1-6,9,13,24H,7-8,10-12,23H2,(H,29,30)(H,26,27,28). The SMILES string of the molecule is Nc1cccnc1CNc1ncnc2sc(CCNCCc3nc4ccccc4[nH]3)nc12.[N-]=[N+]=Nc1cccnc1CNc1ncnc2sc(CCNCCc3nc4ccccc4[nH]3)nc12. The lowest BCUT2D eigenvalue weighted by atomic mass is 10.3. The summed E-state index contributed by atoms with van der Waals surface area (Å²) in [5.41, 5.74) is 22.9. The van der Waals surface area contributed by atoms with Crippen LogP contribution in [0.4, 0.5) is 23.0 Å². The third-order valence-corrected chi connectivity index (χ3v) is 12.3. The van der Waals surface area contributed by atoms with Crippen molar-refractivity contribution in [1.29, 1.82) is 0 Å². The van der Waals surface area contributed by atoms with Crippen molar-refractivity contribution in [3.8, 4) is 0 Å². The number of nitrogens with zero attached hydrogens (tertiary/aromatic N) is 13. The fourth-order valence-electron chi connectivity index (χ4n) is 7.01. The fraction of sp³-hybridized carbons (Fsp3) is 0.227. The number of imidazole rings is 2. The highest BCUT2D eigenvalue weighted by Crippen LogP contribution is 2.27. The van der Waals surface area contributed by atoms with Crippen molar-refractivity contribution in [2.24, 2.45) is 5.11 Å². The Morgan fingerprint density at radius 3 is 1.64 bits per heavy atom. The van der Waals surface area contributed by atoms with Crippen LogP contribution in [0.5, 0.6) is 0 Å². The predicted octanol–water partition coefficient (Wildman–Crippen LogP) is 7.21. The van der Waals surface area contributed by atoms with Crippen molar-refractivity contribution in [2.75, 3.05) is 42.5 Å². The van der Waals surface area contributed by atoms with Crippen LogP contribution in [-0.4, -0.2) is 86.0 Å². The summed E-state index contributed by atoms with van der Waals surface area (Å²) < 4.78 is 0. The molecule has 8 N–H and O–H groups in total. The Labute approximate surface area is 385 Å². The van der Waals surface area contributed by atoms with Crippen molar-refractivity contribution in [2.45, 2.75) is 38.8 Å². The molecule has 20 nitrogen and oxygen atoms in total. The zero-order valence-electron chi connectivity index (χ0n) is 35.5. The highest BCUT2D eigenvalue weighted by atomic mass is 32.1. The van der Waals surface area contributed by atoms with Gasteiger partial charge in [0.05, 0.1) is 67.9 Å². The largest absolute Gasteiger partial charge is 0.397 e. The van der Waals surface area contributed by atoms with Crippen LogP contribution in [0.15, 0.2) is 103 Å². The number of H-pyrrole nitrogens is 2. The highest BCUT2D eigenvalue weighted by molar-refractivity contribution is 7.18. The molecule has 8 aromatic heterocycles. The molecule has 0 saturated heterocycles. The quantitative estimate of drug-likeness (QED) is 0.0183. The van der Waals surface area contributed by atoms with Crippen LogP contribution < -0.4 is 27.0 Å². The molecule has 0 radical (unpaired) electrons. The number of benzene rings is 2. The summed E-state index contributed by atoms with van der Waals surface area (Å²) in [6, 6.07) is 23.2. The Hall–Kier alpha value is -7.75. The van der Waals surface area contributed by atoms with E-state index in [0.717, 1.165) is 122 Å². The van der Waals surface area contributed by atoms with E-state index in [0.29, 0.717) is 41.8 Å². The number of fused-ring (bicyclic) bond motifs is 4. The van der Waals surface area contributed by atoms with Gasteiger partial charge in [-0.3, -0.25) is 9.97 Å². The molecule has 0 fully saturated rings. The Bertz CT molecular complexity index is 3180. The molecule has 0 atom stereocenters. The summed E-state index contributed by atoms with van der Waals surface area (Å²) in [5.74, 6) is 3.30. The molecule has 0 aliphatic heterocycles. The van der Waals surface area contributed by atoms with Gasteiger partial charge in [-0.15, -0.1) is 0 Å². The van der Waals surface area contributed by atoms with E-state index in [1.165, 1.54) is 6.33 Å². The number of pyridine rings is 2. The molecule has 10 aromatic rings. The Kier molecular flexibility index (Phi) is 14.0. The van der Waals surface area contributed by atoms with Crippen molar-refractivity contribution in [3.63, 3.8) is 0 Å². The van der Waals surface area contributed by atoms with Gasteiger partial charge < -0.3 is 37.0 Å². The van der Waals surface area contributed by atoms with Crippen LogP contribution in [0.25, 0.3) is 53.2 Å². The average Bonchev–Trinajstić information content (AvgIpc) is 4.16. The van der Waals surface area contributed by atoms with Crippen LogP contribution in [0.1, 0.15) is 33.1 Å². The van der Waals surface area contributed by atoms with E-state index in [4.69, 9.17) is 21.2 Å². The molecule has 0 unspecified atom stereocenters. The number of hydrogen-bond acceptors (Lipinski definition) is 18. The number of anilines is 3. The number of azide groups is 1. The first kappa shape index (κ1) is 43.5. The van der Waals surface area contributed by atoms with Gasteiger partial charge in [0, 0.05) is 69.2 Å². The average molecular weight is 917 g/mol. The molecule has 0 aliphatic rings. The second-order valence-electron chi connectivity index (χ2n) is 14.8. The van der Waals surface area contributed by atoms with Gasteiger partial charge in [0.1, 0.15) is 45.0 Å². The van der Waals surface area contributed by atoms with Gasteiger partial charge in [0.2, 0.25) is 0 Å². The molecular weight excluding hydrogens is 873 g/mol. The number of nitrogens with two attached hydrogens (primary N) is 1. The zero-order chi connectivity index (χ0) is 44.9. The minimum atomic E-state index is 0.359. The maximum absolute atomic E-state index is 8.74. The number of nitrogen functional groups attached to an aromatic ring is 1. The third kappa shape index (κ3) is 10.9. The number of para-hydroxylation sites is 4. The van der Waals surface area contributed by atoms with Crippen LogP contribution in [0.2, 0.25) is 0 Å². The van der Waals surface area contributed by atoms with E-state index >= 15 is 0 Å². The van der Waals surface area contributed by atoms with E-state index < -0.39 is 0 Å². The second kappa shape index (κ2) is 21.3. The van der Waals surface area contributed by atoms with Crippen LogP contribution in [0.3, 0.4) is 0 Å². The van der Waals surface area contributed by atoms with Gasteiger partial charge in [-0.2, -0.15) is 0 Å². The summed E-state index contributed by atoms with van der Waals surface area (Å²) in [5, 5.41) is 19.2. The molecule has 0 bridgehead atoms. The summed E-state index contributed by atoms with van der Waals surface area (Å²) in [6.45, 7) is 4.16. The third-order valence-electron chi connectivity index (χ3n) is 10.3.